The molecule has 0 spiro atoms. The van der Waals surface area contributed by atoms with Gasteiger partial charge in [0.1, 0.15) is 5.75 Å². The molecule has 0 aliphatic rings. The number of carbonyl (C=O) groups is 1. The van der Waals surface area contributed by atoms with Crippen LogP contribution in [0.1, 0.15) is 6.92 Å². The van der Waals surface area contributed by atoms with Crippen LogP contribution in [0, 0.1) is 0 Å². The van der Waals surface area contributed by atoms with E-state index in [1.165, 1.54) is 11.3 Å². The summed E-state index contributed by atoms with van der Waals surface area (Å²) in [6.45, 7) is 1.68. The number of amides is 1. The molecular weight excluding hydrogens is 420 g/mol. The molecule has 0 fully saturated rings. The molecule has 0 saturated heterocycles. The topological polar surface area (TPSA) is 69.0 Å². The minimum atomic E-state index is -0.718. The Kier molecular flexibility index (Phi) is 5.83. The van der Waals surface area contributed by atoms with Crippen molar-refractivity contribution in [1.82, 2.24) is 14.5 Å². The Bertz CT molecular complexity index is 1170. The molecule has 0 radical (unpaired) electrons. The van der Waals surface area contributed by atoms with Crippen LogP contribution in [-0.2, 0) is 11.8 Å². The lowest BCUT2D eigenvalue weighted by Gasteiger charge is -2.13. The van der Waals surface area contributed by atoms with Crippen LogP contribution in [0.2, 0.25) is 5.02 Å². The molecule has 4 rings (SSSR count). The summed E-state index contributed by atoms with van der Waals surface area (Å²) in [5.74, 6) is 1.02. The van der Waals surface area contributed by atoms with E-state index in [4.69, 9.17) is 16.3 Å². The summed E-state index contributed by atoms with van der Waals surface area (Å²) in [7, 11) is 1.93. The molecule has 1 atom stereocenters. The highest BCUT2D eigenvalue weighted by molar-refractivity contribution is 7.19. The maximum absolute atomic E-state index is 12.7. The van der Waals surface area contributed by atoms with Crippen molar-refractivity contribution in [3.8, 4) is 27.7 Å². The maximum Gasteiger partial charge on any atom is 0.266 e. The summed E-state index contributed by atoms with van der Waals surface area (Å²) in [6.07, 6.45) is 2.90. The molecule has 8 heteroatoms. The number of nitrogens with zero attached hydrogens (tertiary/aromatic N) is 3. The number of anilines is 1. The molecule has 1 N–H and O–H groups in total. The van der Waals surface area contributed by atoms with Crippen molar-refractivity contribution in [2.24, 2.45) is 7.05 Å². The third-order valence-electron chi connectivity index (χ3n) is 4.41. The van der Waals surface area contributed by atoms with Gasteiger partial charge in [-0.1, -0.05) is 59.3 Å². The molecule has 4 aromatic rings. The van der Waals surface area contributed by atoms with E-state index in [2.05, 4.69) is 15.3 Å². The van der Waals surface area contributed by atoms with Crippen LogP contribution in [0.3, 0.4) is 0 Å². The highest BCUT2D eigenvalue weighted by atomic mass is 35.5. The lowest BCUT2D eigenvalue weighted by Crippen LogP contribution is -2.30. The highest BCUT2D eigenvalue weighted by Gasteiger charge is 2.21. The van der Waals surface area contributed by atoms with E-state index < -0.39 is 6.10 Å². The SMILES string of the molecule is CC(Oc1cccc(Cl)c1)C(=O)Nc1nc(-c2ccccc2)c(-c2nccn2C)s1. The highest BCUT2D eigenvalue weighted by Crippen LogP contribution is 2.38. The monoisotopic (exact) mass is 438 g/mol. The molecule has 2 heterocycles. The quantitative estimate of drug-likeness (QED) is 0.445. The first-order valence-electron chi connectivity index (χ1n) is 9.28. The number of hydrogen-bond donors (Lipinski definition) is 1. The zero-order valence-corrected chi connectivity index (χ0v) is 17.9. The van der Waals surface area contributed by atoms with E-state index in [9.17, 15) is 4.79 Å². The molecule has 1 unspecified atom stereocenters. The predicted molar refractivity (Wildman–Crippen MR) is 120 cm³/mol. The molecule has 30 heavy (non-hydrogen) atoms. The number of aromatic nitrogens is 3. The van der Waals surface area contributed by atoms with Crippen molar-refractivity contribution in [1.29, 1.82) is 0 Å². The lowest BCUT2D eigenvalue weighted by atomic mass is 10.1. The smallest absolute Gasteiger partial charge is 0.266 e. The number of hydrogen-bond acceptors (Lipinski definition) is 5. The van der Waals surface area contributed by atoms with Gasteiger partial charge in [0.05, 0.1) is 10.6 Å². The van der Waals surface area contributed by atoms with Crippen molar-refractivity contribution in [3.63, 3.8) is 0 Å². The number of thiazole rings is 1. The van der Waals surface area contributed by atoms with E-state index in [1.54, 1.807) is 37.4 Å². The van der Waals surface area contributed by atoms with Gasteiger partial charge in [0.25, 0.3) is 5.91 Å². The van der Waals surface area contributed by atoms with Gasteiger partial charge in [0.15, 0.2) is 17.1 Å². The first-order chi connectivity index (χ1) is 14.5. The summed E-state index contributed by atoms with van der Waals surface area (Å²) in [4.78, 5) is 22.7. The van der Waals surface area contributed by atoms with Crippen LogP contribution in [0.15, 0.2) is 67.0 Å². The average molecular weight is 439 g/mol. The Morgan fingerprint density at radius 1 is 1.20 bits per heavy atom. The molecule has 0 saturated carbocycles. The number of benzene rings is 2. The van der Waals surface area contributed by atoms with Crippen molar-refractivity contribution in [2.75, 3.05) is 5.32 Å². The second-order valence-corrected chi connectivity index (χ2v) is 8.07. The molecule has 6 nitrogen and oxygen atoms in total. The predicted octanol–water partition coefficient (Wildman–Crippen LogP) is 5.27. The minimum Gasteiger partial charge on any atom is -0.481 e. The lowest BCUT2D eigenvalue weighted by molar-refractivity contribution is -0.122. The third-order valence-corrected chi connectivity index (χ3v) is 5.61. The van der Waals surface area contributed by atoms with Gasteiger partial charge < -0.3 is 9.30 Å². The summed E-state index contributed by atoms with van der Waals surface area (Å²) >= 11 is 7.36. The van der Waals surface area contributed by atoms with Crippen molar-refractivity contribution in [2.45, 2.75) is 13.0 Å². The van der Waals surface area contributed by atoms with Gasteiger partial charge in [-0.3, -0.25) is 10.1 Å². The molecule has 152 valence electrons. The number of nitrogens with one attached hydrogen (secondary N) is 1. The number of aryl methyl sites for hydroxylation is 1. The number of ether oxygens (including phenoxy) is 1. The van der Waals surface area contributed by atoms with E-state index in [0.717, 1.165) is 22.0 Å². The van der Waals surface area contributed by atoms with Crippen molar-refractivity contribution in [3.05, 3.63) is 72.0 Å². The van der Waals surface area contributed by atoms with Gasteiger partial charge in [-0.05, 0) is 25.1 Å². The first-order valence-corrected chi connectivity index (χ1v) is 10.5. The normalized spacial score (nSPS) is 11.8. The van der Waals surface area contributed by atoms with Crippen LogP contribution in [0.5, 0.6) is 5.75 Å². The fraction of sp³-hybridized carbons (Fsp3) is 0.136. The van der Waals surface area contributed by atoms with Crippen LogP contribution in [0.4, 0.5) is 5.13 Å². The summed E-state index contributed by atoms with van der Waals surface area (Å²) in [5.41, 5.74) is 1.73. The Hall–Kier alpha value is -3.16. The molecule has 0 aliphatic heterocycles. The van der Waals surface area contributed by atoms with Crippen LogP contribution < -0.4 is 10.1 Å². The molecule has 0 bridgehead atoms. The number of halogens is 1. The standard InChI is InChI=1S/C22H19ClN4O2S/c1-14(29-17-10-6-9-16(23)13-17)21(28)26-22-25-18(15-7-4-3-5-8-15)19(30-22)20-24-11-12-27(20)2/h3-14H,1-2H3,(H,25,26,28). The largest absolute Gasteiger partial charge is 0.481 e. The van der Waals surface area contributed by atoms with E-state index >= 15 is 0 Å². The minimum absolute atomic E-state index is 0.297. The Morgan fingerprint density at radius 2 is 2.00 bits per heavy atom. The zero-order chi connectivity index (χ0) is 21.1. The zero-order valence-electron chi connectivity index (χ0n) is 16.4. The van der Waals surface area contributed by atoms with Crippen LogP contribution in [-0.4, -0.2) is 26.5 Å². The van der Waals surface area contributed by atoms with Crippen LogP contribution in [0.25, 0.3) is 22.0 Å². The van der Waals surface area contributed by atoms with Gasteiger partial charge in [0.2, 0.25) is 0 Å². The van der Waals surface area contributed by atoms with Crippen LogP contribution >= 0.6 is 22.9 Å². The summed E-state index contributed by atoms with van der Waals surface area (Å²) in [5, 5.41) is 3.89. The maximum atomic E-state index is 12.7. The Balaban J connectivity index is 1.59. The third kappa shape index (κ3) is 4.37. The molecule has 0 aliphatic carbocycles. The Morgan fingerprint density at radius 3 is 2.70 bits per heavy atom. The fourth-order valence-electron chi connectivity index (χ4n) is 2.91. The van der Waals surface area contributed by atoms with E-state index in [0.29, 0.717) is 15.9 Å². The summed E-state index contributed by atoms with van der Waals surface area (Å²) < 4.78 is 7.63. The Labute approximate surface area is 183 Å². The number of rotatable bonds is 6. The molecule has 1 amide bonds. The van der Waals surface area contributed by atoms with E-state index in [1.807, 2.05) is 48.1 Å². The van der Waals surface area contributed by atoms with Gasteiger partial charge >= 0.3 is 0 Å². The van der Waals surface area contributed by atoms with Gasteiger partial charge in [-0.15, -0.1) is 0 Å². The molecular formula is C22H19ClN4O2S. The van der Waals surface area contributed by atoms with E-state index in [-0.39, 0.29) is 5.91 Å². The second-order valence-electron chi connectivity index (χ2n) is 6.63. The molecule has 2 aromatic heterocycles. The summed E-state index contributed by atoms with van der Waals surface area (Å²) in [6, 6.07) is 16.8. The van der Waals surface area contributed by atoms with Gasteiger partial charge in [-0.2, -0.15) is 0 Å². The average Bonchev–Trinajstić information content (AvgIpc) is 3.34. The van der Waals surface area contributed by atoms with Crippen molar-refractivity contribution < 1.29 is 9.53 Å². The fourth-order valence-corrected chi connectivity index (χ4v) is 4.12. The van der Waals surface area contributed by atoms with Gasteiger partial charge in [-0.25, -0.2) is 9.97 Å². The van der Waals surface area contributed by atoms with Gasteiger partial charge in [0, 0.05) is 30.0 Å². The number of carbonyl (C=O) groups excluding carboxylic acids is 1. The second kappa shape index (κ2) is 8.69. The number of imidazole rings is 1. The van der Waals surface area contributed by atoms with Crippen molar-refractivity contribution >= 4 is 34.0 Å². The first kappa shape index (κ1) is 20.1. The molecule has 2 aromatic carbocycles.